The van der Waals surface area contributed by atoms with Crippen molar-refractivity contribution in [3.05, 3.63) is 78.9 Å². The molecule has 0 radical (unpaired) electrons. The normalized spacial score (nSPS) is 12.3. The molecule has 3 rings (SSSR count). The van der Waals surface area contributed by atoms with Crippen LogP contribution in [0.15, 0.2) is 73.3 Å². The predicted octanol–water partition coefficient (Wildman–Crippen LogP) is 2.74. The highest BCUT2D eigenvalue weighted by molar-refractivity contribution is 5.37. The van der Waals surface area contributed by atoms with Crippen LogP contribution in [-0.4, -0.2) is 45.9 Å². The molecule has 0 aliphatic heterocycles. The number of benzene rings is 2. The van der Waals surface area contributed by atoms with Crippen LogP contribution in [0.5, 0.6) is 5.75 Å². The quantitative estimate of drug-likeness (QED) is 0.687. The number of ether oxygens (including phenoxy) is 1. The summed E-state index contributed by atoms with van der Waals surface area (Å²) in [5, 5.41) is 10.2. The maximum Gasteiger partial charge on any atom is 0.119 e. The Morgan fingerprint density at radius 2 is 1.88 bits per heavy atom. The van der Waals surface area contributed by atoms with Gasteiger partial charge in [-0.2, -0.15) is 0 Å². The fourth-order valence-corrected chi connectivity index (χ4v) is 2.69. The molecule has 1 heterocycles. The zero-order chi connectivity index (χ0) is 17.5. The first kappa shape index (κ1) is 17.2. The third-order valence-electron chi connectivity index (χ3n) is 3.90. The first-order valence-corrected chi connectivity index (χ1v) is 8.32. The van der Waals surface area contributed by atoms with Crippen molar-refractivity contribution in [2.75, 3.05) is 20.2 Å². The van der Waals surface area contributed by atoms with Gasteiger partial charge in [-0.25, -0.2) is 4.98 Å². The highest BCUT2D eigenvalue weighted by Gasteiger charge is 2.10. The van der Waals surface area contributed by atoms with Crippen LogP contribution in [-0.2, 0) is 6.54 Å². The molecule has 2 aromatic carbocycles. The minimum Gasteiger partial charge on any atom is -0.491 e. The van der Waals surface area contributed by atoms with E-state index < -0.39 is 6.10 Å². The monoisotopic (exact) mass is 337 g/mol. The van der Waals surface area contributed by atoms with E-state index in [1.54, 1.807) is 12.5 Å². The third kappa shape index (κ3) is 5.17. The van der Waals surface area contributed by atoms with E-state index in [1.165, 1.54) is 5.56 Å². The van der Waals surface area contributed by atoms with Gasteiger partial charge in [0.05, 0.1) is 6.33 Å². The van der Waals surface area contributed by atoms with Crippen LogP contribution in [0.4, 0.5) is 0 Å². The zero-order valence-electron chi connectivity index (χ0n) is 14.3. The number of likely N-dealkylation sites (N-methyl/N-ethyl adjacent to an activating group) is 1. The number of aromatic nitrogens is 2. The van der Waals surface area contributed by atoms with E-state index in [2.05, 4.69) is 22.0 Å². The van der Waals surface area contributed by atoms with E-state index in [1.807, 2.05) is 60.3 Å². The highest BCUT2D eigenvalue weighted by Crippen LogP contribution is 2.15. The number of aliphatic hydroxyl groups excluding tert-OH is 1. The van der Waals surface area contributed by atoms with Gasteiger partial charge in [0.2, 0.25) is 0 Å². The van der Waals surface area contributed by atoms with Crippen LogP contribution in [0.3, 0.4) is 0 Å². The maximum atomic E-state index is 10.2. The Morgan fingerprint density at radius 3 is 2.56 bits per heavy atom. The zero-order valence-corrected chi connectivity index (χ0v) is 14.3. The second kappa shape index (κ2) is 8.46. The molecule has 0 bridgehead atoms. The minimum absolute atomic E-state index is 0.267. The van der Waals surface area contributed by atoms with Crippen molar-refractivity contribution < 1.29 is 9.84 Å². The van der Waals surface area contributed by atoms with Crippen molar-refractivity contribution in [3.63, 3.8) is 0 Å². The Labute approximate surface area is 148 Å². The van der Waals surface area contributed by atoms with Crippen molar-refractivity contribution >= 4 is 0 Å². The average molecular weight is 337 g/mol. The number of imidazole rings is 1. The fourth-order valence-electron chi connectivity index (χ4n) is 2.69. The van der Waals surface area contributed by atoms with Gasteiger partial charge in [-0.15, -0.1) is 0 Å². The first-order valence-electron chi connectivity index (χ1n) is 8.32. The topological polar surface area (TPSA) is 50.5 Å². The molecule has 25 heavy (non-hydrogen) atoms. The summed E-state index contributed by atoms with van der Waals surface area (Å²) in [6.07, 6.45) is 4.85. The van der Waals surface area contributed by atoms with E-state index in [4.69, 9.17) is 4.74 Å². The molecule has 3 aromatic rings. The van der Waals surface area contributed by atoms with Gasteiger partial charge in [0.1, 0.15) is 18.5 Å². The lowest BCUT2D eigenvalue weighted by Crippen LogP contribution is -2.32. The van der Waals surface area contributed by atoms with E-state index in [9.17, 15) is 5.11 Å². The lowest BCUT2D eigenvalue weighted by Gasteiger charge is -2.21. The van der Waals surface area contributed by atoms with Gasteiger partial charge in [0, 0.05) is 31.2 Å². The molecule has 130 valence electrons. The van der Waals surface area contributed by atoms with Crippen molar-refractivity contribution in [1.29, 1.82) is 0 Å². The molecule has 5 nitrogen and oxygen atoms in total. The smallest absolute Gasteiger partial charge is 0.119 e. The van der Waals surface area contributed by atoms with Gasteiger partial charge in [-0.05, 0) is 36.9 Å². The predicted molar refractivity (Wildman–Crippen MR) is 97.8 cm³/mol. The summed E-state index contributed by atoms with van der Waals surface area (Å²) in [4.78, 5) is 6.12. The minimum atomic E-state index is -0.540. The Bertz CT molecular complexity index is 742. The molecule has 5 heteroatoms. The molecular formula is C20H23N3O2. The first-order chi connectivity index (χ1) is 12.2. The molecule has 0 spiro atoms. The van der Waals surface area contributed by atoms with E-state index in [0.717, 1.165) is 18.0 Å². The summed E-state index contributed by atoms with van der Waals surface area (Å²) >= 11 is 0. The SMILES string of the molecule is CN(Cc1ccccc1)CC(O)COc1ccc(-n2ccnc2)cc1. The number of nitrogens with zero attached hydrogens (tertiary/aromatic N) is 3. The van der Waals surface area contributed by atoms with Crippen molar-refractivity contribution in [2.24, 2.45) is 0 Å². The summed E-state index contributed by atoms with van der Waals surface area (Å²) in [6.45, 7) is 1.63. The average Bonchev–Trinajstić information content (AvgIpc) is 3.16. The number of hydrogen-bond acceptors (Lipinski definition) is 4. The van der Waals surface area contributed by atoms with Gasteiger partial charge in [0.15, 0.2) is 0 Å². The second-order valence-electron chi connectivity index (χ2n) is 6.11. The summed E-state index contributed by atoms with van der Waals surface area (Å²) in [5.41, 5.74) is 2.25. The Balaban J connectivity index is 1.44. The van der Waals surface area contributed by atoms with Gasteiger partial charge in [0.25, 0.3) is 0 Å². The molecule has 0 fully saturated rings. The van der Waals surface area contributed by atoms with E-state index >= 15 is 0 Å². The Hall–Kier alpha value is -2.63. The van der Waals surface area contributed by atoms with Crippen LogP contribution >= 0.6 is 0 Å². The lowest BCUT2D eigenvalue weighted by molar-refractivity contribution is 0.0744. The van der Waals surface area contributed by atoms with Gasteiger partial charge < -0.3 is 14.4 Å². The molecule has 1 N–H and O–H groups in total. The summed E-state index contributed by atoms with van der Waals surface area (Å²) in [7, 11) is 2.00. The van der Waals surface area contributed by atoms with Crippen LogP contribution in [0.2, 0.25) is 0 Å². The maximum absolute atomic E-state index is 10.2. The Kier molecular flexibility index (Phi) is 5.82. The second-order valence-corrected chi connectivity index (χ2v) is 6.11. The molecule has 1 aromatic heterocycles. The summed E-state index contributed by atoms with van der Waals surface area (Å²) in [5.74, 6) is 0.744. The lowest BCUT2D eigenvalue weighted by atomic mass is 10.2. The van der Waals surface area contributed by atoms with Crippen molar-refractivity contribution in [2.45, 2.75) is 12.6 Å². The molecule has 0 aliphatic rings. The van der Waals surface area contributed by atoms with E-state index in [0.29, 0.717) is 6.54 Å². The van der Waals surface area contributed by atoms with E-state index in [-0.39, 0.29) is 6.61 Å². The fraction of sp³-hybridized carbons (Fsp3) is 0.250. The number of rotatable bonds is 8. The number of hydrogen-bond donors (Lipinski definition) is 1. The molecule has 0 amide bonds. The molecule has 0 saturated carbocycles. The van der Waals surface area contributed by atoms with Crippen LogP contribution in [0.25, 0.3) is 5.69 Å². The molecular weight excluding hydrogens is 314 g/mol. The largest absolute Gasteiger partial charge is 0.491 e. The third-order valence-corrected chi connectivity index (χ3v) is 3.90. The summed E-state index contributed by atoms with van der Waals surface area (Å²) in [6, 6.07) is 17.9. The van der Waals surface area contributed by atoms with Gasteiger partial charge >= 0.3 is 0 Å². The molecule has 1 atom stereocenters. The van der Waals surface area contributed by atoms with Crippen molar-refractivity contribution in [1.82, 2.24) is 14.5 Å². The molecule has 0 aliphatic carbocycles. The van der Waals surface area contributed by atoms with Crippen LogP contribution in [0.1, 0.15) is 5.56 Å². The van der Waals surface area contributed by atoms with Crippen LogP contribution < -0.4 is 4.74 Å². The van der Waals surface area contributed by atoms with Crippen molar-refractivity contribution in [3.8, 4) is 11.4 Å². The highest BCUT2D eigenvalue weighted by atomic mass is 16.5. The molecule has 1 unspecified atom stereocenters. The van der Waals surface area contributed by atoms with Gasteiger partial charge in [-0.3, -0.25) is 4.90 Å². The number of aliphatic hydroxyl groups is 1. The van der Waals surface area contributed by atoms with Gasteiger partial charge in [-0.1, -0.05) is 30.3 Å². The standard InChI is InChI=1S/C20H23N3O2/c1-22(13-17-5-3-2-4-6-17)14-19(24)15-25-20-9-7-18(8-10-20)23-12-11-21-16-23/h2-12,16,19,24H,13-15H2,1H3. The Morgan fingerprint density at radius 1 is 1.12 bits per heavy atom. The molecule has 0 saturated heterocycles. The van der Waals surface area contributed by atoms with Crippen LogP contribution in [0, 0.1) is 0 Å². The summed E-state index contributed by atoms with van der Waals surface area (Å²) < 4.78 is 7.62.